The summed E-state index contributed by atoms with van der Waals surface area (Å²) in [5.74, 6) is -0.118. The lowest BCUT2D eigenvalue weighted by Gasteiger charge is -2.07. The molecule has 5 nitrogen and oxygen atoms in total. The minimum absolute atomic E-state index is 0.0493. The van der Waals surface area contributed by atoms with Crippen molar-refractivity contribution in [3.63, 3.8) is 0 Å². The third-order valence-electron chi connectivity index (χ3n) is 4.46. The van der Waals surface area contributed by atoms with Gasteiger partial charge in [0.1, 0.15) is 0 Å². The molecule has 0 bridgehead atoms. The molecule has 3 N–H and O–H groups in total. The Morgan fingerprint density at radius 1 is 0.750 bits per heavy atom. The second kappa shape index (κ2) is 10.1. The van der Waals surface area contributed by atoms with Crippen molar-refractivity contribution in [2.45, 2.75) is 25.8 Å². The highest BCUT2D eigenvalue weighted by molar-refractivity contribution is 5.79. The molecule has 0 unspecified atom stereocenters. The van der Waals surface area contributed by atoms with Gasteiger partial charge in [0.15, 0.2) is 0 Å². The molecule has 144 valence electrons. The maximum atomic E-state index is 12.0. The van der Waals surface area contributed by atoms with Crippen molar-refractivity contribution >= 4 is 11.8 Å². The second-order valence-corrected chi connectivity index (χ2v) is 6.63. The summed E-state index contributed by atoms with van der Waals surface area (Å²) < 4.78 is 0. The van der Waals surface area contributed by atoms with Crippen molar-refractivity contribution in [2.24, 2.45) is 0 Å². The average molecular weight is 375 g/mol. The fourth-order valence-corrected chi connectivity index (χ4v) is 2.91. The van der Waals surface area contributed by atoms with Crippen LogP contribution in [0, 0.1) is 0 Å². The first-order valence-electron chi connectivity index (χ1n) is 9.51. The third kappa shape index (κ3) is 6.13. The molecule has 2 aromatic carbocycles. The summed E-state index contributed by atoms with van der Waals surface area (Å²) in [4.78, 5) is 27.2. The van der Waals surface area contributed by atoms with Crippen molar-refractivity contribution in [2.75, 3.05) is 6.54 Å². The second-order valence-electron chi connectivity index (χ2n) is 6.63. The van der Waals surface area contributed by atoms with Gasteiger partial charge in [0.05, 0.1) is 0 Å². The van der Waals surface area contributed by atoms with E-state index in [0.717, 1.165) is 22.5 Å². The Morgan fingerprint density at radius 3 is 2.18 bits per heavy atom. The number of carbonyl (C=O) groups excluding carboxylic acids is 2. The van der Waals surface area contributed by atoms with Crippen molar-refractivity contribution < 1.29 is 9.59 Å². The van der Waals surface area contributed by atoms with E-state index in [1.165, 1.54) is 0 Å². The Balaban J connectivity index is 1.32. The van der Waals surface area contributed by atoms with Crippen LogP contribution in [0.1, 0.15) is 24.1 Å². The van der Waals surface area contributed by atoms with Gasteiger partial charge < -0.3 is 15.6 Å². The minimum atomic E-state index is -0.0685. The molecular weight excluding hydrogens is 350 g/mol. The van der Waals surface area contributed by atoms with Crippen LogP contribution < -0.4 is 10.6 Å². The van der Waals surface area contributed by atoms with E-state index >= 15 is 0 Å². The monoisotopic (exact) mass is 375 g/mol. The van der Waals surface area contributed by atoms with E-state index < -0.39 is 0 Å². The Morgan fingerprint density at radius 2 is 1.43 bits per heavy atom. The zero-order valence-electron chi connectivity index (χ0n) is 15.8. The normalized spacial score (nSPS) is 10.4. The number of carbonyl (C=O) groups is 2. The lowest BCUT2D eigenvalue weighted by Crippen LogP contribution is -2.30. The number of hydrogen-bond donors (Lipinski definition) is 3. The van der Waals surface area contributed by atoms with Crippen LogP contribution in [-0.2, 0) is 22.6 Å². The predicted molar refractivity (Wildman–Crippen MR) is 110 cm³/mol. The molecule has 0 saturated heterocycles. The zero-order chi connectivity index (χ0) is 19.6. The molecule has 3 aromatic rings. The van der Waals surface area contributed by atoms with Crippen molar-refractivity contribution in [3.8, 4) is 11.3 Å². The van der Waals surface area contributed by atoms with Gasteiger partial charge in [-0.05, 0) is 29.7 Å². The molecule has 0 fully saturated rings. The van der Waals surface area contributed by atoms with Crippen LogP contribution in [0.3, 0.4) is 0 Å². The van der Waals surface area contributed by atoms with E-state index in [9.17, 15) is 9.59 Å². The van der Waals surface area contributed by atoms with E-state index in [1.54, 1.807) is 0 Å². The van der Waals surface area contributed by atoms with Gasteiger partial charge in [-0.15, -0.1) is 0 Å². The lowest BCUT2D eigenvalue weighted by molar-refractivity contribution is -0.122. The zero-order valence-corrected chi connectivity index (χ0v) is 15.8. The molecule has 1 aromatic heterocycles. The molecule has 5 heteroatoms. The first-order valence-corrected chi connectivity index (χ1v) is 9.51. The van der Waals surface area contributed by atoms with Crippen LogP contribution in [0.2, 0.25) is 0 Å². The molecule has 0 aliphatic heterocycles. The first-order chi connectivity index (χ1) is 13.7. The van der Waals surface area contributed by atoms with Crippen LogP contribution in [0.25, 0.3) is 11.3 Å². The summed E-state index contributed by atoms with van der Waals surface area (Å²) in [5.41, 5.74) is 4.25. The summed E-state index contributed by atoms with van der Waals surface area (Å²) in [6, 6.07) is 23.9. The topological polar surface area (TPSA) is 74.0 Å². The Labute approximate surface area is 165 Å². The minimum Gasteiger partial charge on any atom is -0.358 e. The highest BCUT2D eigenvalue weighted by Crippen LogP contribution is 2.18. The quantitative estimate of drug-likeness (QED) is 0.536. The van der Waals surface area contributed by atoms with E-state index in [4.69, 9.17) is 0 Å². The molecule has 1 heterocycles. The molecule has 0 atom stereocenters. The van der Waals surface area contributed by atoms with Crippen LogP contribution in [0.15, 0.2) is 72.8 Å². The summed E-state index contributed by atoms with van der Waals surface area (Å²) in [7, 11) is 0. The Bertz CT molecular complexity index is 888. The van der Waals surface area contributed by atoms with E-state index in [-0.39, 0.29) is 18.2 Å². The SMILES string of the molecule is O=C(CCc1ccc(-c2ccccc2)[nH]1)NCCC(=O)NCc1ccccc1. The lowest BCUT2D eigenvalue weighted by atomic mass is 10.2. The van der Waals surface area contributed by atoms with Crippen LogP contribution in [0.4, 0.5) is 0 Å². The molecule has 2 amide bonds. The van der Waals surface area contributed by atoms with Crippen LogP contribution >= 0.6 is 0 Å². The highest BCUT2D eigenvalue weighted by Gasteiger charge is 2.07. The molecule has 0 saturated carbocycles. The molecular formula is C23H25N3O2. The maximum absolute atomic E-state index is 12.0. The number of rotatable bonds is 9. The van der Waals surface area contributed by atoms with Crippen LogP contribution in [0.5, 0.6) is 0 Å². The number of nitrogens with one attached hydrogen (secondary N) is 3. The number of benzene rings is 2. The fraction of sp³-hybridized carbons (Fsp3) is 0.217. The van der Waals surface area contributed by atoms with Gasteiger partial charge in [-0.3, -0.25) is 9.59 Å². The molecule has 0 aliphatic rings. The van der Waals surface area contributed by atoms with Gasteiger partial charge in [-0.25, -0.2) is 0 Å². The van der Waals surface area contributed by atoms with Gasteiger partial charge in [-0.2, -0.15) is 0 Å². The third-order valence-corrected chi connectivity index (χ3v) is 4.46. The number of H-pyrrole nitrogens is 1. The Hall–Kier alpha value is -3.34. The van der Waals surface area contributed by atoms with Gasteiger partial charge in [0.2, 0.25) is 11.8 Å². The molecule has 0 spiro atoms. The summed E-state index contributed by atoms with van der Waals surface area (Å²) in [6.07, 6.45) is 1.30. The van der Waals surface area contributed by atoms with Crippen molar-refractivity contribution in [1.29, 1.82) is 0 Å². The number of aromatic amines is 1. The predicted octanol–water partition coefficient (Wildman–Crippen LogP) is 3.44. The summed E-state index contributed by atoms with van der Waals surface area (Å²) in [5, 5.41) is 5.66. The van der Waals surface area contributed by atoms with E-state index in [0.29, 0.717) is 25.9 Å². The van der Waals surface area contributed by atoms with Gasteiger partial charge in [-0.1, -0.05) is 60.7 Å². The van der Waals surface area contributed by atoms with E-state index in [1.807, 2.05) is 72.8 Å². The first kappa shape index (κ1) is 19.4. The fourth-order valence-electron chi connectivity index (χ4n) is 2.91. The number of aryl methyl sites for hydroxylation is 1. The number of amides is 2. The molecule has 0 aliphatic carbocycles. The van der Waals surface area contributed by atoms with Crippen LogP contribution in [-0.4, -0.2) is 23.3 Å². The summed E-state index contributed by atoms with van der Waals surface area (Å²) in [6.45, 7) is 0.851. The van der Waals surface area contributed by atoms with E-state index in [2.05, 4.69) is 15.6 Å². The Kier molecular flexibility index (Phi) is 7.01. The smallest absolute Gasteiger partial charge is 0.222 e. The maximum Gasteiger partial charge on any atom is 0.222 e. The van der Waals surface area contributed by atoms with Crippen molar-refractivity contribution in [3.05, 3.63) is 84.1 Å². The number of hydrogen-bond acceptors (Lipinski definition) is 2. The standard InChI is InChI=1S/C23H25N3O2/c27-22(24-16-15-23(28)25-17-18-7-3-1-4-8-18)14-12-20-11-13-21(26-20)19-9-5-2-6-10-19/h1-11,13,26H,12,14-17H2,(H,24,27)(H,25,28). The molecule has 28 heavy (non-hydrogen) atoms. The largest absolute Gasteiger partial charge is 0.358 e. The van der Waals surface area contributed by atoms with Gasteiger partial charge in [0.25, 0.3) is 0 Å². The van der Waals surface area contributed by atoms with Crippen molar-refractivity contribution in [1.82, 2.24) is 15.6 Å². The molecule has 3 rings (SSSR count). The number of aromatic nitrogens is 1. The average Bonchev–Trinajstić information content (AvgIpc) is 3.21. The van der Waals surface area contributed by atoms with Gasteiger partial charge in [0, 0.05) is 37.3 Å². The molecule has 0 radical (unpaired) electrons. The summed E-state index contributed by atoms with van der Waals surface area (Å²) >= 11 is 0. The highest BCUT2D eigenvalue weighted by atomic mass is 16.2. The van der Waals surface area contributed by atoms with Gasteiger partial charge >= 0.3 is 0 Å².